The lowest BCUT2D eigenvalue weighted by Gasteiger charge is -2.35. The van der Waals surface area contributed by atoms with E-state index in [1.54, 1.807) is 0 Å². The van der Waals surface area contributed by atoms with E-state index < -0.39 is 0 Å². The SMILES string of the molecule is CCCNCc1ccc(N2CCSCC2C)c(Br)c1. The highest BCUT2D eigenvalue weighted by Crippen LogP contribution is 2.31. The van der Waals surface area contributed by atoms with Gasteiger partial charge in [0.25, 0.3) is 0 Å². The largest absolute Gasteiger partial charge is 0.366 e. The van der Waals surface area contributed by atoms with Gasteiger partial charge in [0.15, 0.2) is 0 Å². The summed E-state index contributed by atoms with van der Waals surface area (Å²) in [6.07, 6.45) is 1.18. The van der Waals surface area contributed by atoms with Crippen molar-refractivity contribution in [2.45, 2.75) is 32.9 Å². The Hall–Kier alpha value is -0.190. The Labute approximate surface area is 129 Å². The molecule has 1 N–H and O–H groups in total. The van der Waals surface area contributed by atoms with E-state index in [1.807, 2.05) is 0 Å². The van der Waals surface area contributed by atoms with Crippen LogP contribution in [0.2, 0.25) is 0 Å². The highest BCUT2D eigenvalue weighted by molar-refractivity contribution is 9.10. The number of nitrogens with one attached hydrogen (secondary N) is 1. The molecule has 1 atom stereocenters. The van der Waals surface area contributed by atoms with Crippen molar-refractivity contribution in [2.24, 2.45) is 0 Å². The molecule has 1 aliphatic rings. The van der Waals surface area contributed by atoms with E-state index in [-0.39, 0.29) is 0 Å². The van der Waals surface area contributed by atoms with Crippen molar-refractivity contribution in [3.8, 4) is 0 Å². The van der Waals surface area contributed by atoms with E-state index in [4.69, 9.17) is 0 Å². The van der Waals surface area contributed by atoms with E-state index in [0.717, 1.165) is 19.6 Å². The molecule has 1 saturated heterocycles. The van der Waals surface area contributed by atoms with Crippen LogP contribution in [0.25, 0.3) is 0 Å². The number of hydrogen-bond acceptors (Lipinski definition) is 3. The van der Waals surface area contributed by atoms with Gasteiger partial charge in [-0.2, -0.15) is 11.8 Å². The summed E-state index contributed by atoms with van der Waals surface area (Å²) in [5.74, 6) is 2.46. The third kappa shape index (κ3) is 4.14. The maximum atomic E-state index is 3.74. The summed E-state index contributed by atoms with van der Waals surface area (Å²) < 4.78 is 1.22. The van der Waals surface area contributed by atoms with Crippen molar-refractivity contribution in [1.82, 2.24) is 5.32 Å². The molecule has 0 bridgehead atoms. The van der Waals surface area contributed by atoms with Gasteiger partial charge in [-0.25, -0.2) is 0 Å². The first-order valence-corrected chi connectivity index (χ1v) is 9.00. The third-order valence-electron chi connectivity index (χ3n) is 3.45. The first kappa shape index (κ1) is 15.2. The van der Waals surface area contributed by atoms with E-state index in [1.165, 1.54) is 33.7 Å². The lowest BCUT2D eigenvalue weighted by atomic mass is 10.1. The predicted molar refractivity (Wildman–Crippen MR) is 90.3 cm³/mol. The average molecular weight is 343 g/mol. The molecule has 0 saturated carbocycles. The summed E-state index contributed by atoms with van der Waals surface area (Å²) in [7, 11) is 0. The molecule has 4 heteroatoms. The molecule has 1 unspecified atom stereocenters. The van der Waals surface area contributed by atoms with Crippen LogP contribution < -0.4 is 10.2 Å². The third-order valence-corrected chi connectivity index (χ3v) is 5.27. The molecule has 106 valence electrons. The zero-order valence-corrected chi connectivity index (χ0v) is 14.2. The Bertz CT molecular complexity index is 411. The molecule has 2 rings (SSSR count). The Morgan fingerprint density at radius 1 is 1.47 bits per heavy atom. The van der Waals surface area contributed by atoms with E-state index in [0.29, 0.717) is 6.04 Å². The fourth-order valence-corrected chi connectivity index (χ4v) is 4.06. The second-order valence-electron chi connectivity index (χ2n) is 5.08. The normalized spacial score (nSPS) is 19.7. The fourth-order valence-electron chi connectivity index (χ4n) is 2.39. The Morgan fingerprint density at radius 2 is 2.32 bits per heavy atom. The van der Waals surface area contributed by atoms with Crippen LogP contribution in [-0.2, 0) is 6.54 Å². The Morgan fingerprint density at radius 3 is 3.00 bits per heavy atom. The molecule has 19 heavy (non-hydrogen) atoms. The number of thioether (sulfide) groups is 1. The number of halogens is 1. The van der Waals surface area contributed by atoms with Crippen LogP contribution in [0.5, 0.6) is 0 Å². The smallest absolute Gasteiger partial charge is 0.0513 e. The predicted octanol–water partition coefficient (Wildman–Crippen LogP) is 3.89. The molecule has 1 aromatic rings. The van der Waals surface area contributed by atoms with Gasteiger partial charge in [0.2, 0.25) is 0 Å². The van der Waals surface area contributed by atoms with Crippen LogP contribution in [0.15, 0.2) is 22.7 Å². The van der Waals surface area contributed by atoms with Crippen molar-refractivity contribution in [1.29, 1.82) is 0 Å². The molecule has 1 aromatic carbocycles. The van der Waals surface area contributed by atoms with Gasteiger partial charge in [-0.1, -0.05) is 13.0 Å². The molecule has 0 aromatic heterocycles. The van der Waals surface area contributed by atoms with Gasteiger partial charge in [0, 0.05) is 35.1 Å². The van der Waals surface area contributed by atoms with Gasteiger partial charge in [-0.3, -0.25) is 0 Å². The first-order valence-electron chi connectivity index (χ1n) is 7.06. The highest BCUT2D eigenvalue weighted by Gasteiger charge is 2.20. The molecule has 1 heterocycles. The lowest BCUT2D eigenvalue weighted by Crippen LogP contribution is -2.40. The zero-order valence-electron chi connectivity index (χ0n) is 11.8. The number of rotatable bonds is 5. The van der Waals surface area contributed by atoms with Crippen molar-refractivity contribution < 1.29 is 0 Å². The van der Waals surface area contributed by atoms with Crippen molar-refractivity contribution >= 4 is 33.4 Å². The summed E-state index contributed by atoms with van der Waals surface area (Å²) in [6.45, 7) is 7.70. The van der Waals surface area contributed by atoms with Gasteiger partial charge in [0.1, 0.15) is 0 Å². The van der Waals surface area contributed by atoms with Crippen molar-refractivity contribution in [2.75, 3.05) is 29.5 Å². The summed E-state index contributed by atoms with van der Waals surface area (Å²) >= 11 is 5.80. The van der Waals surface area contributed by atoms with Crippen LogP contribution in [0.4, 0.5) is 5.69 Å². The number of anilines is 1. The second kappa shape index (κ2) is 7.55. The maximum absolute atomic E-state index is 3.74. The molecular weight excluding hydrogens is 320 g/mol. The van der Waals surface area contributed by atoms with E-state index >= 15 is 0 Å². The van der Waals surface area contributed by atoms with Gasteiger partial charge >= 0.3 is 0 Å². The minimum absolute atomic E-state index is 0.624. The molecule has 1 fully saturated rings. The van der Waals surface area contributed by atoms with Crippen molar-refractivity contribution in [3.63, 3.8) is 0 Å². The van der Waals surface area contributed by atoms with Gasteiger partial charge in [-0.15, -0.1) is 0 Å². The quantitative estimate of drug-likeness (QED) is 0.817. The van der Waals surface area contributed by atoms with Gasteiger partial charge < -0.3 is 10.2 Å². The zero-order chi connectivity index (χ0) is 13.7. The maximum Gasteiger partial charge on any atom is 0.0513 e. The molecule has 0 aliphatic carbocycles. The number of hydrogen-bond donors (Lipinski definition) is 1. The summed E-state index contributed by atoms with van der Waals surface area (Å²) in [5.41, 5.74) is 2.69. The number of benzene rings is 1. The summed E-state index contributed by atoms with van der Waals surface area (Å²) in [5, 5.41) is 3.45. The monoisotopic (exact) mass is 342 g/mol. The standard InChI is InChI=1S/C15H23BrN2S/c1-3-6-17-10-13-4-5-15(14(16)9-13)18-7-8-19-11-12(18)2/h4-5,9,12,17H,3,6-8,10-11H2,1-2H3. The van der Waals surface area contributed by atoms with E-state index in [9.17, 15) is 0 Å². The fraction of sp³-hybridized carbons (Fsp3) is 0.600. The average Bonchev–Trinajstić information content (AvgIpc) is 2.40. The molecule has 2 nitrogen and oxygen atoms in total. The topological polar surface area (TPSA) is 15.3 Å². The molecule has 1 aliphatic heterocycles. The molecule has 0 amide bonds. The first-order chi connectivity index (χ1) is 9.22. The molecule has 0 radical (unpaired) electrons. The minimum atomic E-state index is 0.624. The minimum Gasteiger partial charge on any atom is -0.366 e. The van der Waals surface area contributed by atoms with Crippen LogP contribution in [0, 0.1) is 0 Å². The summed E-state index contributed by atoms with van der Waals surface area (Å²) in [6, 6.07) is 7.39. The van der Waals surface area contributed by atoms with Gasteiger partial charge in [-0.05, 0) is 53.5 Å². The Balaban J connectivity index is 2.05. The van der Waals surface area contributed by atoms with Crippen molar-refractivity contribution in [3.05, 3.63) is 28.2 Å². The van der Waals surface area contributed by atoms with Gasteiger partial charge in [0.05, 0.1) is 5.69 Å². The van der Waals surface area contributed by atoms with Crippen LogP contribution in [-0.4, -0.2) is 30.6 Å². The molecular formula is C15H23BrN2S. The van der Waals surface area contributed by atoms with Crippen LogP contribution in [0.1, 0.15) is 25.8 Å². The molecule has 0 spiro atoms. The second-order valence-corrected chi connectivity index (χ2v) is 7.08. The Kier molecular flexibility index (Phi) is 6.05. The highest BCUT2D eigenvalue weighted by atomic mass is 79.9. The lowest BCUT2D eigenvalue weighted by molar-refractivity contribution is 0.674. The van der Waals surface area contributed by atoms with Crippen LogP contribution >= 0.6 is 27.7 Å². The summed E-state index contributed by atoms with van der Waals surface area (Å²) in [4.78, 5) is 2.52. The van der Waals surface area contributed by atoms with Crippen LogP contribution in [0.3, 0.4) is 0 Å². The number of nitrogens with zero attached hydrogens (tertiary/aromatic N) is 1. The van der Waals surface area contributed by atoms with E-state index in [2.05, 4.69) is 70.0 Å².